The molecule has 152 valence electrons. The second kappa shape index (κ2) is 9.13. The average molecular weight is 409 g/mol. The Hall–Kier alpha value is -2.49. The highest BCUT2D eigenvalue weighted by Gasteiger charge is 2.23. The predicted octanol–water partition coefficient (Wildman–Crippen LogP) is 2.16. The van der Waals surface area contributed by atoms with Crippen LogP contribution in [0.15, 0.2) is 47.4 Å². The Kier molecular flexibility index (Phi) is 7.11. The minimum atomic E-state index is -3.74. The third kappa shape index (κ3) is 5.28. The molecule has 0 aliphatic carbocycles. The third-order valence-electron chi connectivity index (χ3n) is 4.02. The Morgan fingerprint density at radius 2 is 1.82 bits per heavy atom. The van der Waals surface area contributed by atoms with Crippen LogP contribution in [-0.4, -0.2) is 58.3 Å². The number of nitrogens with one attached hydrogen (secondary N) is 1. The molecule has 0 atom stereocenters. The van der Waals surface area contributed by atoms with E-state index in [9.17, 15) is 17.6 Å². The van der Waals surface area contributed by atoms with Crippen molar-refractivity contribution < 1.29 is 22.3 Å². The van der Waals surface area contributed by atoms with E-state index in [1.165, 1.54) is 39.4 Å². The molecule has 1 amide bonds. The minimum absolute atomic E-state index is 0.0100. The number of rotatable bonds is 8. The maximum atomic E-state index is 13.7. The van der Waals surface area contributed by atoms with Gasteiger partial charge in [-0.2, -0.15) is 0 Å². The Morgan fingerprint density at radius 1 is 1.14 bits per heavy atom. The number of likely N-dealkylation sites (N-methyl/N-ethyl adjacent to an activating group) is 1. The van der Waals surface area contributed by atoms with Gasteiger partial charge >= 0.3 is 0 Å². The number of methoxy groups -OCH3 is 1. The van der Waals surface area contributed by atoms with E-state index in [1.807, 2.05) is 0 Å². The molecule has 0 spiro atoms. The number of hydrogen-bond acceptors (Lipinski definition) is 5. The molecule has 28 heavy (non-hydrogen) atoms. The van der Waals surface area contributed by atoms with Crippen LogP contribution in [0.2, 0.25) is 0 Å². The van der Waals surface area contributed by atoms with Crippen LogP contribution in [0.1, 0.15) is 5.56 Å². The zero-order valence-electron chi connectivity index (χ0n) is 16.3. The number of ether oxygens (including phenoxy) is 1. The first kappa shape index (κ1) is 21.8. The van der Waals surface area contributed by atoms with E-state index in [0.29, 0.717) is 11.3 Å². The van der Waals surface area contributed by atoms with Crippen molar-refractivity contribution in [1.82, 2.24) is 9.21 Å². The molecule has 0 saturated heterocycles. The minimum Gasteiger partial charge on any atom is -0.495 e. The summed E-state index contributed by atoms with van der Waals surface area (Å²) in [5.41, 5.74) is 0.812. The van der Waals surface area contributed by atoms with E-state index >= 15 is 0 Å². The number of nitrogens with zero attached hydrogens (tertiary/aromatic N) is 2. The van der Waals surface area contributed by atoms with Crippen molar-refractivity contribution in [3.63, 3.8) is 0 Å². The molecule has 0 saturated carbocycles. The van der Waals surface area contributed by atoms with Gasteiger partial charge in [0.1, 0.15) is 16.5 Å². The number of halogens is 1. The molecule has 0 aliphatic rings. The summed E-state index contributed by atoms with van der Waals surface area (Å²) in [4.78, 5) is 13.9. The van der Waals surface area contributed by atoms with Gasteiger partial charge in [0, 0.05) is 31.9 Å². The van der Waals surface area contributed by atoms with Crippen LogP contribution < -0.4 is 10.1 Å². The number of carbonyl (C=O) groups excluding carboxylic acids is 1. The van der Waals surface area contributed by atoms with Crippen molar-refractivity contribution in [2.45, 2.75) is 11.4 Å². The molecule has 1 N–H and O–H groups in total. The zero-order chi connectivity index (χ0) is 20.9. The van der Waals surface area contributed by atoms with E-state index in [2.05, 4.69) is 5.32 Å². The summed E-state index contributed by atoms with van der Waals surface area (Å²) >= 11 is 0. The molecule has 0 aromatic heterocycles. The molecular weight excluding hydrogens is 385 g/mol. The summed E-state index contributed by atoms with van der Waals surface area (Å²) in [6.45, 7) is 0.277. The predicted molar refractivity (Wildman–Crippen MR) is 105 cm³/mol. The molecule has 0 bridgehead atoms. The topological polar surface area (TPSA) is 79.0 Å². The van der Waals surface area contributed by atoms with Crippen molar-refractivity contribution in [2.75, 3.05) is 40.1 Å². The highest BCUT2D eigenvalue weighted by Crippen LogP contribution is 2.28. The number of hydrogen-bond donors (Lipinski definition) is 1. The highest BCUT2D eigenvalue weighted by atomic mass is 32.2. The SMILES string of the molecule is COc1ccc(NC(=O)CN(C)Cc2ccccc2F)cc1S(=O)(=O)N(C)C. The summed E-state index contributed by atoms with van der Waals surface area (Å²) in [6, 6.07) is 10.8. The molecule has 0 radical (unpaired) electrons. The molecule has 2 aromatic carbocycles. The molecule has 7 nitrogen and oxygen atoms in total. The van der Waals surface area contributed by atoms with Crippen LogP contribution in [-0.2, 0) is 21.4 Å². The molecule has 0 aliphatic heterocycles. The molecule has 0 heterocycles. The first-order valence-corrected chi connectivity index (χ1v) is 9.91. The molecule has 9 heteroatoms. The summed E-state index contributed by atoms with van der Waals surface area (Å²) in [7, 11) is 2.16. The van der Waals surface area contributed by atoms with Gasteiger partial charge in [-0.3, -0.25) is 9.69 Å². The van der Waals surface area contributed by atoms with Gasteiger partial charge in [0.25, 0.3) is 0 Å². The van der Waals surface area contributed by atoms with E-state index < -0.39 is 10.0 Å². The second-order valence-corrected chi connectivity index (χ2v) is 8.59. The van der Waals surface area contributed by atoms with E-state index in [-0.39, 0.29) is 35.5 Å². The van der Waals surface area contributed by atoms with Crippen LogP contribution in [0.3, 0.4) is 0 Å². The highest BCUT2D eigenvalue weighted by molar-refractivity contribution is 7.89. The maximum absolute atomic E-state index is 13.7. The van der Waals surface area contributed by atoms with Crippen LogP contribution in [0.4, 0.5) is 10.1 Å². The standard InChI is InChI=1S/C19H24FN3O4S/c1-22(2)28(25,26)18-11-15(9-10-17(18)27-4)21-19(24)13-23(3)12-14-7-5-6-8-16(14)20/h5-11H,12-13H2,1-4H3,(H,21,24). The Bertz CT molecular complexity index is 948. The number of carbonyl (C=O) groups is 1. The monoisotopic (exact) mass is 409 g/mol. The van der Waals surface area contributed by atoms with E-state index in [4.69, 9.17) is 4.74 Å². The van der Waals surface area contributed by atoms with E-state index in [0.717, 1.165) is 4.31 Å². The van der Waals surface area contributed by atoms with Gasteiger partial charge in [-0.1, -0.05) is 18.2 Å². The Morgan fingerprint density at radius 3 is 2.43 bits per heavy atom. The Labute approximate surface area is 164 Å². The van der Waals surface area contributed by atoms with Crippen LogP contribution in [0, 0.1) is 5.82 Å². The number of anilines is 1. The van der Waals surface area contributed by atoms with Gasteiger partial charge < -0.3 is 10.1 Å². The molecule has 2 rings (SSSR count). The first-order chi connectivity index (χ1) is 13.1. The van der Waals surface area contributed by atoms with Crippen molar-refractivity contribution >= 4 is 21.6 Å². The smallest absolute Gasteiger partial charge is 0.246 e. The molecule has 2 aromatic rings. The number of sulfonamides is 1. The van der Waals surface area contributed by atoms with Crippen molar-refractivity contribution in [1.29, 1.82) is 0 Å². The number of amides is 1. The van der Waals surface area contributed by atoms with Crippen molar-refractivity contribution in [3.8, 4) is 5.75 Å². The maximum Gasteiger partial charge on any atom is 0.246 e. The fraction of sp³-hybridized carbons (Fsp3) is 0.316. The van der Waals surface area contributed by atoms with Crippen LogP contribution in [0.5, 0.6) is 5.75 Å². The average Bonchev–Trinajstić information content (AvgIpc) is 2.63. The number of benzene rings is 2. The summed E-state index contributed by atoms with van der Waals surface area (Å²) < 4.78 is 44.8. The van der Waals surface area contributed by atoms with Crippen LogP contribution in [0.25, 0.3) is 0 Å². The summed E-state index contributed by atoms with van der Waals surface area (Å²) in [6.07, 6.45) is 0. The Balaban J connectivity index is 2.10. The zero-order valence-corrected chi connectivity index (χ0v) is 17.1. The summed E-state index contributed by atoms with van der Waals surface area (Å²) in [5.74, 6) is -0.496. The lowest BCUT2D eigenvalue weighted by molar-refractivity contribution is -0.117. The largest absolute Gasteiger partial charge is 0.495 e. The van der Waals surface area contributed by atoms with Crippen molar-refractivity contribution in [3.05, 3.63) is 53.8 Å². The van der Waals surface area contributed by atoms with E-state index in [1.54, 1.807) is 36.2 Å². The third-order valence-corrected chi connectivity index (χ3v) is 5.85. The van der Waals surface area contributed by atoms with Gasteiger partial charge in [0.15, 0.2) is 0 Å². The van der Waals surface area contributed by atoms with Gasteiger partial charge in [0.2, 0.25) is 15.9 Å². The second-order valence-electron chi connectivity index (χ2n) is 6.46. The van der Waals surface area contributed by atoms with Crippen molar-refractivity contribution in [2.24, 2.45) is 0 Å². The van der Waals surface area contributed by atoms with Gasteiger partial charge in [-0.05, 0) is 31.3 Å². The van der Waals surface area contributed by atoms with Gasteiger partial charge in [-0.15, -0.1) is 0 Å². The fourth-order valence-corrected chi connectivity index (χ4v) is 3.65. The van der Waals surface area contributed by atoms with Gasteiger partial charge in [0.05, 0.1) is 13.7 Å². The fourth-order valence-electron chi connectivity index (χ4n) is 2.57. The molecular formula is C19H24FN3O4S. The molecule has 0 fully saturated rings. The lowest BCUT2D eigenvalue weighted by Gasteiger charge is -2.18. The van der Waals surface area contributed by atoms with Crippen LogP contribution >= 0.6 is 0 Å². The lowest BCUT2D eigenvalue weighted by Crippen LogP contribution is -2.30. The summed E-state index contributed by atoms with van der Waals surface area (Å²) in [5, 5.41) is 2.66. The normalized spacial score (nSPS) is 11.7. The lowest BCUT2D eigenvalue weighted by atomic mass is 10.2. The first-order valence-electron chi connectivity index (χ1n) is 8.47. The van der Waals surface area contributed by atoms with Gasteiger partial charge in [-0.25, -0.2) is 17.1 Å². The molecule has 0 unspecified atom stereocenters. The quantitative estimate of drug-likeness (QED) is 0.723.